The summed E-state index contributed by atoms with van der Waals surface area (Å²) in [6.07, 6.45) is 3.57. The van der Waals surface area contributed by atoms with Gasteiger partial charge in [-0.2, -0.15) is 0 Å². The van der Waals surface area contributed by atoms with E-state index in [0.717, 1.165) is 56.2 Å². The summed E-state index contributed by atoms with van der Waals surface area (Å²) in [5, 5.41) is 8.68. The second kappa shape index (κ2) is 12.5. The summed E-state index contributed by atoms with van der Waals surface area (Å²) in [4.78, 5) is 5.49. The predicted molar refractivity (Wildman–Crippen MR) is 110 cm³/mol. The van der Waals surface area contributed by atoms with Crippen LogP contribution in [0.1, 0.15) is 24.1 Å². The summed E-state index contributed by atoms with van der Waals surface area (Å²) in [6.45, 7) is 3.99. The van der Waals surface area contributed by atoms with Crippen LogP contribution in [0.15, 0.2) is 20.9 Å². The quantitative estimate of drug-likeness (QED) is 0.240. The molecule has 0 saturated carbocycles. The van der Waals surface area contributed by atoms with E-state index in [-0.39, 0.29) is 24.0 Å². The maximum absolute atomic E-state index is 5.64. The van der Waals surface area contributed by atoms with Crippen LogP contribution in [0.3, 0.4) is 0 Å². The number of hydrogen-bond acceptors (Lipinski definition) is 4. The highest BCUT2D eigenvalue weighted by atomic mass is 127. The van der Waals surface area contributed by atoms with Crippen molar-refractivity contribution in [1.82, 2.24) is 10.6 Å². The highest BCUT2D eigenvalue weighted by Crippen LogP contribution is 2.19. The summed E-state index contributed by atoms with van der Waals surface area (Å²) in [5.74, 6) is 0.823. The Hall–Kier alpha value is 0.1000. The van der Waals surface area contributed by atoms with Gasteiger partial charge >= 0.3 is 0 Å². The first-order chi connectivity index (χ1) is 10.8. The molecule has 1 fully saturated rings. The Morgan fingerprint density at radius 1 is 1.52 bits per heavy atom. The average molecular weight is 518 g/mol. The van der Waals surface area contributed by atoms with Crippen molar-refractivity contribution in [1.29, 1.82) is 0 Å². The monoisotopic (exact) mass is 517 g/mol. The molecule has 2 rings (SSSR count). The standard InChI is InChI=1S/C15H24BrN3O2S.HI/c1-17-15(19-9-14-8-12(16)11-22-14)18-5-3-6-20-10-13-4-2-7-21-13;/h8,11,13H,2-7,9-10H2,1H3,(H2,17,18,19);1H. The van der Waals surface area contributed by atoms with Crippen LogP contribution in [0.2, 0.25) is 0 Å². The Labute approximate surface area is 167 Å². The van der Waals surface area contributed by atoms with Gasteiger partial charge in [-0.05, 0) is 41.3 Å². The third-order valence-corrected chi connectivity index (χ3v) is 5.06. The minimum atomic E-state index is 0. The molecule has 23 heavy (non-hydrogen) atoms. The van der Waals surface area contributed by atoms with Gasteiger partial charge < -0.3 is 20.1 Å². The smallest absolute Gasteiger partial charge is 0.191 e. The maximum atomic E-state index is 5.64. The van der Waals surface area contributed by atoms with E-state index in [2.05, 4.69) is 43.0 Å². The van der Waals surface area contributed by atoms with E-state index in [1.54, 1.807) is 18.4 Å². The maximum Gasteiger partial charge on any atom is 0.191 e. The third kappa shape index (κ3) is 8.67. The fourth-order valence-corrected chi connectivity index (χ4v) is 3.60. The van der Waals surface area contributed by atoms with Crippen molar-refractivity contribution in [3.63, 3.8) is 0 Å². The van der Waals surface area contributed by atoms with Crippen LogP contribution in [-0.4, -0.2) is 45.5 Å². The van der Waals surface area contributed by atoms with Crippen LogP contribution in [0, 0.1) is 0 Å². The van der Waals surface area contributed by atoms with Gasteiger partial charge in [-0.3, -0.25) is 4.99 Å². The van der Waals surface area contributed by atoms with Gasteiger partial charge in [0.05, 0.1) is 19.3 Å². The molecule has 8 heteroatoms. The first kappa shape index (κ1) is 21.1. The Bertz CT molecular complexity index is 467. The molecule has 132 valence electrons. The lowest BCUT2D eigenvalue weighted by molar-refractivity contribution is 0.0168. The van der Waals surface area contributed by atoms with E-state index >= 15 is 0 Å². The Kier molecular flexibility index (Phi) is 11.5. The summed E-state index contributed by atoms with van der Waals surface area (Å²) in [5.41, 5.74) is 0. The molecule has 2 heterocycles. The molecule has 0 aromatic carbocycles. The van der Waals surface area contributed by atoms with E-state index in [1.807, 2.05) is 0 Å². The van der Waals surface area contributed by atoms with E-state index in [0.29, 0.717) is 6.10 Å². The van der Waals surface area contributed by atoms with Crippen LogP contribution in [-0.2, 0) is 16.0 Å². The summed E-state index contributed by atoms with van der Waals surface area (Å²) >= 11 is 5.19. The lowest BCUT2D eigenvalue weighted by Crippen LogP contribution is -2.37. The lowest BCUT2D eigenvalue weighted by atomic mass is 10.2. The number of hydrogen-bond donors (Lipinski definition) is 2. The zero-order valence-corrected chi connectivity index (χ0v) is 18.1. The molecule has 5 nitrogen and oxygen atoms in total. The van der Waals surface area contributed by atoms with Gasteiger partial charge in [0.1, 0.15) is 0 Å². The molecule has 0 radical (unpaired) electrons. The zero-order chi connectivity index (χ0) is 15.6. The average Bonchev–Trinajstić information content (AvgIpc) is 3.17. The van der Waals surface area contributed by atoms with E-state index in [1.165, 1.54) is 11.3 Å². The molecular weight excluding hydrogens is 493 g/mol. The number of guanidine groups is 1. The molecule has 0 aliphatic carbocycles. The third-order valence-electron chi connectivity index (χ3n) is 3.36. The molecule has 1 atom stereocenters. The van der Waals surface area contributed by atoms with Gasteiger partial charge in [0, 0.05) is 41.5 Å². The van der Waals surface area contributed by atoms with Crippen molar-refractivity contribution in [2.75, 3.05) is 33.4 Å². The fraction of sp³-hybridized carbons (Fsp3) is 0.667. The van der Waals surface area contributed by atoms with Gasteiger partial charge in [0.25, 0.3) is 0 Å². The number of ether oxygens (including phenoxy) is 2. The van der Waals surface area contributed by atoms with Crippen molar-refractivity contribution < 1.29 is 9.47 Å². The Morgan fingerprint density at radius 2 is 2.39 bits per heavy atom. The van der Waals surface area contributed by atoms with Gasteiger partial charge in [-0.25, -0.2) is 0 Å². The largest absolute Gasteiger partial charge is 0.379 e. The molecule has 1 aliphatic heterocycles. The van der Waals surface area contributed by atoms with Gasteiger partial charge in [-0.15, -0.1) is 35.3 Å². The topological polar surface area (TPSA) is 54.9 Å². The molecule has 0 amide bonds. The Balaban J connectivity index is 0.00000264. The molecular formula is C15H25BrIN3O2S. The first-order valence-electron chi connectivity index (χ1n) is 7.64. The number of aliphatic imine (C=N–C) groups is 1. The minimum Gasteiger partial charge on any atom is -0.379 e. The molecule has 1 saturated heterocycles. The van der Waals surface area contributed by atoms with E-state index in [4.69, 9.17) is 9.47 Å². The summed E-state index contributed by atoms with van der Waals surface area (Å²) < 4.78 is 12.3. The Morgan fingerprint density at radius 3 is 3.04 bits per heavy atom. The molecule has 2 N–H and O–H groups in total. The number of rotatable bonds is 8. The normalized spacial score (nSPS) is 17.8. The van der Waals surface area contributed by atoms with Crippen molar-refractivity contribution in [2.45, 2.75) is 31.9 Å². The van der Waals surface area contributed by atoms with Crippen LogP contribution >= 0.6 is 51.2 Å². The van der Waals surface area contributed by atoms with E-state index in [9.17, 15) is 0 Å². The van der Waals surface area contributed by atoms with E-state index < -0.39 is 0 Å². The first-order valence-corrected chi connectivity index (χ1v) is 9.32. The van der Waals surface area contributed by atoms with Crippen molar-refractivity contribution in [3.8, 4) is 0 Å². The van der Waals surface area contributed by atoms with Gasteiger partial charge in [-0.1, -0.05) is 0 Å². The SMILES string of the molecule is CN=C(NCCCOCC1CCCO1)NCc1cc(Br)cs1.I. The molecule has 1 aromatic heterocycles. The predicted octanol–water partition coefficient (Wildman–Crippen LogP) is 3.38. The van der Waals surface area contributed by atoms with Crippen molar-refractivity contribution in [3.05, 3.63) is 20.8 Å². The second-order valence-electron chi connectivity index (χ2n) is 5.15. The van der Waals surface area contributed by atoms with Crippen LogP contribution in [0.25, 0.3) is 0 Å². The number of halogens is 2. The second-order valence-corrected chi connectivity index (χ2v) is 7.06. The minimum absolute atomic E-state index is 0. The van der Waals surface area contributed by atoms with Crippen LogP contribution in [0.5, 0.6) is 0 Å². The van der Waals surface area contributed by atoms with Crippen LogP contribution in [0.4, 0.5) is 0 Å². The van der Waals surface area contributed by atoms with Crippen molar-refractivity contribution >= 4 is 57.2 Å². The molecule has 0 bridgehead atoms. The summed E-state index contributed by atoms with van der Waals surface area (Å²) in [6, 6.07) is 2.11. The fourth-order valence-electron chi connectivity index (χ4n) is 2.21. The van der Waals surface area contributed by atoms with Crippen LogP contribution < -0.4 is 10.6 Å². The van der Waals surface area contributed by atoms with Gasteiger partial charge in [0.2, 0.25) is 0 Å². The number of nitrogens with zero attached hydrogens (tertiary/aromatic N) is 1. The number of nitrogens with one attached hydrogen (secondary N) is 2. The lowest BCUT2D eigenvalue weighted by Gasteiger charge is -2.12. The molecule has 1 aliphatic rings. The zero-order valence-electron chi connectivity index (χ0n) is 13.3. The highest BCUT2D eigenvalue weighted by Gasteiger charge is 2.14. The molecule has 0 spiro atoms. The highest BCUT2D eigenvalue weighted by molar-refractivity contribution is 14.0. The summed E-state index contributed by atoms with van der Waals surface area (Å²) in [7, 11) is 1.79. The molecule has 1 unspecified atom stereocenters. The van der Waals surface area contributed by atoms with Crippen molar-refractivity contribution in [2.24, 2.45) is 4.99 Å². The number of thiophene rings is 1. The van der Waals surface area contributed by atoms with Gasteiger partial charge in [0.15, 0.2) is 5.96 Å². The molecule has 1 aromatic rings.